The van der Waals surface area contributed by atoms with Gasteiger partial charge in [-0.3, -0.25) is 67.5 Å². The first-order valence-electron chi connectivity index (χ1n) is 34.0. The first kappa shape index (κ1) is 80.1. The van der Waals surface area contributed by atoms with Gasteiger partial charge in [-0.2, -0.15) is 0 Å². The maximum Gasteiger partial charge on any atom is 0.245 e. The van der Waals surface area contributed by atoms with E-state index in [1.165, 1.54) is 36.7 Å². The Morgan fingerprint density at radius 2 is 1.19 bits per heavy atom. The zero-order valence-electron chi connectivity index (χ0n) is 57.2. The van der Waals surface area contributed by atoms with Crippen LogP contribution in [0.2, 0.25) is 0 Å². The minimum atomic E-state index is -1.78. The van der Waals surface area contributed by atoms with E-state index in [9.17, 15) is 58.5 Å². The van der Waals surface area contributed by atoms with Crippen LogP contribution in [-0.2, 0) is 83.2 Å². The zero-order chi connectivity index (χ0) is 74.1. The molecule has 32 nitrogen and oxygen atoms in total. The number of phenols is 1. The molecule has 1 fully saturated rings. The summed E-state index contributed by atoms with van der Waals surface area (Å²) in [5.41, 5.74) is 19.9. The maximum atomic E-state index is 15.1. The molecule has 0 radical (unpaired) electrons. The molecular weight excluding hydrogens is 1320 g/mol. The van der Waals surface area contributed by atoms with E-state index < -0.39 is 139 Å². The Hall–Kier alpha value is -10.9. The number of guanidine groups is 1. The highest BCUT2D eigenvalue weighted by Gasteiger charge is 2.37. The number of aromatic hydroxyl groups is 1. The standard InChI is InChI=1S/C70H95N17O15/c1-3-4-18-51(81-69(102)59(40-89)87-66(99)55(34-43-22-24-46(91)25-23-43)85-68(101)58(39-88)78-41(2)90)61(94)82-53-27-26-47(92)28-32-74-29-11-10-20-50(60(71)93)79-67(100)57(36-45-38-77-49-19-9-8-17-48(45)49)86-62(95)52(21-13-31-76-70(72)73)80-64(97)54(33-42-14-6-5-7-15-42)84-65(98)56(83-63(53)96)35-44-16-12-30-75-37-44/h5-9,12,14-17,19,22-25,30,37-38,50-59,74,77,88-89,91H,3-4,10-11,13,18,20-21,26-29,31-36,39-40H2,1-2H3,(H2,71,93)(H,78,90)(H,79,100)(H,80,97)(H,81,102)(H,82,94)(H,83,96)(H,84,98)(H,85,101)(H,86,95)(H,87,99)(H4,72,73,76)/t50-,51-,52-,53-,54+,55-,56-,57-,58-,59-/m0/s1. The molecule has 3 aromatic carbocycles. The number of aromatic amines is 1. The second-order valence-corrected chi connectivity index (χ2v) is 24.9. The predicted octanol–water partition coefficient (Wildman–Crippen LogP) is -2.37. The number of rotatable bonds is 27. The summed E-state index contributed by atoms with van der Waals surface area (Å²) >= 11 is 0. The Morgan fingerprint density at radius 1 is 0.598 bits per heavy atom. The molecule has 3 heterocycles. The lowest BCUT2D eigenvalue weighted by Gasteiger charge is -2.28. The number of hydrogen-bond donors (Lipinski definition) is 18. The van der Waals surface area contributed by atoms with E-state index in [2.05, 4.69) is 73.4 Å². The summed E-state index contributed by atoms with van der Waals surface area (Å²) in [6, 6.07) is 9.67. The number of nitrogens with one attached hydrogen (secondary N) is 12. The Kier molecular flexibility index (Phi) is 32.7. The van der Waals surface area contributed by atoms with E-state index in [4.69, 9.17) is 17.2 Å². The van der Waals surface area contributed by atoms with Gasteiger partial charge in [-0.1, -0.05) is 86.5 Å². The highest BCUT2D eigenvalue weighted by Crippen LogP contribution is 2.21. The number of H-pyrrole nitrogens is 1. The van der Waals surface area contributed by atoms with Crippen LogP contribution in [0, 0.1) is 0 Å². The van der Waals surface area contributed by atoms with Gasteiger partial charge in [0.2, 0.25) is 65.0 Å². The fourth-order valence-electron chi connectivity index (χ4n) is 11.3. The van der Waals surface area contributed by atoms with Crippen molar-refractivity contribution in [3.63, 3.8) is 0 Å². The van der Waals surface area contributed by atoms with Crippen molar-refractivity contribution in [3.05, 3.63) is 132 Å². The van der Waals surface area contributed by atoms with Gasteiger partial charge in [0.05, 0.1) is 13.2 Å². The number of pyridine rings is 1. The van der Waals surface area contributed by atoms with Crippen LogP contribution in [0.5, 0.6) is 5.75 Å². The zero-order valence-corrected chi connectivity index (χ0v) is 57.2. The minimum Gasteiger partial charge on any atom is -0.508 e. The number of unbranched alkanes of at least 4 members (excludes halogenated alkanes) is 1. The third kappa shape index (κ3) is 26.7. The number of carbonyl (C=O) groups excluding carboxylic acids is 12. The van der Waals surface area contributed by atoms with E-state index in [1.807, 2.05) is 18.2 Å². The Bertz CT molecular complexity index is 3670. The van der Waals surface area contributed by atoms with Gasteiger partial charge in [0.25, 0.3) is 0 Å². The van der Waals surface area contributed by atoms with Crippen LogP contribution in [0.1, 0.15) is 107 Å². The Morgan fingerprint density at radius 3 is 1.83 bits per heavy atom. The largest absolute Gasteiger partial charge is 0.508 e. The number of aliphatic imine (C=N–C) groups is 1. The van der Waals surface area contributed by atoms with Gasteiger partial charge in [0.1, 0.15) is 72.0 Å². The first-order valence-corrected chi connectivity index (χ1v) is 34.0. The van der Waals surface area contributed by atoms with E-state index in [0.29, 0.717) is 54.5 Å². The normalized spacial score (nSPS) is 19.8. The fraction of sp³-hybridized carbons (Fsp3) is 0.457. The number of aliphatic hydroxyl groups excluding tert-OH is 2. The molecule has 32 heteroatoms. The third-order valence-electron chi connectivity index (χ3n) is 16.9. The summed E-state index contributed by atoms with van der Waals surface area (Å²) in [6.45, 7) is 1.54. The Labute approximate surface area is 589 Å². The van der Waals surface area contributed by atoms with E-state index >= 15 is 14.4 Å². The number of primary amides is 1. The van der Waals surface area contributed by atoms with E-state index in [-0.39, 0.29) is 101 Å². The van der Waals surface area contributed by atoms with Crippen molar-refractivity contribution in [2.75, 3.05) is 32.8 Å². The number of nitrogens with two attached hydrogens (primary N) is 3. The second kappa shape index (κ2) is 41.6. The van der Waals surface area contributed by atoms with Gasteiger partial charge >= 0.3 is 0 Å². The van der Waals surface area contributed by atoms with Gasteiger partial charge in [-0.05, 0) is 98.0 Å². The van der Waals surface area contributed by atoms with Gasteiger partial charge < -0.3 is 96.0 Å². The van der Waals surface area contributed by atoms with Crippen molar-refractivity contribution in [2.24, 2.45) is 22.2 Å². The molecular formula is C70H95N17O15. The highest BCUT2D eigenvalue weighted by atomic mass is 16.3. The average Bonchev–Trinajstić information content (AvgIpc) is 1.63. The molecule has 1 aliphatic heterocycles. The predicted molar refractivity (Wildman–Crippen MR) is 375 cm³/mol. The molecule has 6 rings (SSSR count). The molecule has 0 aliphatic carbocycles. The van der Waals surface area contributed by atoms with Crippen LogP contribution in [0.4, 0.5) is 0 Å². The first-order chi connectivity index (χ1) is 48.9. The number of amides is 11. The summed E-state index contributed by atoms with van der Waals surface area (Å²) < 4.78 is 0. The lowest BCUT2D eigenvalue weighted by atomic mass is 10.0. The number of aliphatic hydroxyl groups is 2. The van der Waals surface area contributed by atoms with Crippen molar-refractivity contribution in [1.29, 1.82) is 0 Å². The number of phenolic OH excluding ortho intramolecular Hbond substituents is 1. The summed E-state index contributed by atoms with van der Waals surface area (Å²) in [7, 11) is 0. The van der Waals surface area contributed by atoms with Crippen molar-refractivity contribution < 1.29 is 72.9 Å². The number of ketones is 1. The summed E-state index contributed by atoms with van der Waals surface area (Å²) in [5, 5.41) is 60.5. The van der Waals surface area contributed by atoms with E-state index in [0.717, 1.165) is 17.8 Å². The quantitative estimate of drug-likeness (QED) is 0.0148. The maximum absolute atomic E-state index is 15.1. The number of benzene rings is 3. The van der Waals surface area contributed by atoms with Crippen LogP contribution < -0.4 is 75.7 Å². The van der Waals surface area contributed by atoms with Crippen LogP contribution in [0.3, 0.4) is 0 Å². The fourth-order valence-corrected chi connectivity index (χ4v) is 11.3. The molecule has 0 unspecified atom stereocenters. The molecule has 550 valence electrons. The third-order valence-corrected chi connectivity index (χ3v) is 16.9. The molecule has 1 saturated heterocycles. The summed E-state index contributed by atoms with van der Waals surface area (Å²) in [6.07, 6.45) is 4.73. The number of hydrogen-bond acceptors (Lipinski definition) is 18. The molecule has 1 aliphatic rings. The Balaban J connectivity index is 1.33. The van der Waals surface area contributed by atoms with Crippen molar-refractivity contribution in [2.45, 2.75) is 171 Å². The molecule has 0 bridgehead atoms. The number of nitrogens with zero attached hydrogens (tertiary/aromatic N) is 2. The number of aromatic nitrogens is 2. The smallest absolute Gasteiger partial charge is 0.245 e. The summed E-state index contributed by atoms with van der Waals surface area (Å²) in [5.74, 6) is -10.6. The average molecular weight is 1410 g/mol. The van der Waals surface area contributed by atoms with Crippen LogP contribution >= 0.6 is 0 Å². The monoisotopic (exact) mass is 1410 g/mol. The molecule has 0 saturated carbocycles. The number of carbonyl (C=O) groups is 12. The topological polar surface area (TPSA) is 517 Å². The number of Topliss-reactive ketones (excluding diaryl/α,β-unsaturated/α-hetero) is 1. The van der Waals surface area contributed by atoms with Crippen LogP contribution in [0.15, 0.2) is 115 Å². The number of fused-ring (bicyclic) bond motifs is 1. The molecule has 11 amide bonds. The molecule has 5 aromatic rings. The molecule has 0 spiro atoms. The highest BCUT2D eigenvalue weighted by molar-refractivity contribution is 6.00. The van der Waals surface area contributed by atoms with Gasteiger partial charge in [-0.15, -0.1) is 0 Å². The van der Waals surface area contributed by atoms with Gasteiger partial charge in [-0.25, -0.2) is 0 Å². The SMILES string of the molecule is CCCC[C@H](NC(=O)[C@H](CO)NC(=O)[C@H](Cc1ccc(O)cc1)NC(=O)[C@H](CO)NC(C)=O)C(=O)N[C@H]1CCC(=O)CCNCCCC[C@@H](C(N)=O)NC(=O)[C@H](Cc2c[nH]c3ccccc23)NC(=O)[C@H](CCCN=C(N)N)NC(=O)[C@@H](Cc2ccccc2)NC(=O)[C@H](Cc2cccnc2)NC1=O. The van der Waals surface area contributed by atoms with Gasteiger partial charge in [0.15, 0.2) is 5.96 Å². The molecule has 10 atom stereocenters. The molecule has 2 aromatic heterocycles. The van der Waals surface area contributed by atoms with Crippen molar-refractivity contribution in [3.8, 4) is 5.75 Å². The minimum absolute atomic E-state index is 0.0108. The van der Waals surface area contributed by atoms with Crippen molar-refractivity contribution in [1.82, 2.24) is 68.5 Å². The summed E-state index contributed by atoms with van der Waals surface area (Å²) in [4.78, 5) is 181. The van der Waals surface area contributed by atoms with E-state index in [1.54, 1.807) is 61.7 Å². The van der Waals surface area contributed by atoms with Gasteiger partial charge in [0, 0.05) is 88.0 Å². The lowest BCUT2D eigenvalue weighted by molar-refractivity contribution is -0.136. The molecule has 21 N–H and O–H groups in total. The van der Waals surface area contributed by atoms with Crippen molar-refractivity contribution >= 4 is 87.6 Å². The second-order valence-electron chi connectivity index (χ2n) is 24.9. The number of para-hydroxylation sites is 1. The molecule has 102 heavy (non-hydrogen) atoms. The van der Waals surface area contributed by atoms with Crippen LogP contribution in [0.25, 0.3) is 10.9 Å². The van der Waals surface area contributed by atoms with Crippen LogP contribution in [-0.4, -0.2) is 195 Å². The lowest BCUT2D eigenvalue weighted by Crippen LogP contribution is -2.61.